The number of hydrogen-bond donors (Lipinski definition) is 2. The van der Waals surface area contributed by atoms with Gasteiger partial charge < -0.3 is 14.8 Å². The highest BCUT2D eigenvalue weighted by Gasteiger charge is 2.16. The average molecular weight is 430 g/mol. The molecule has 0 spiro atoms. The lowest BCUT2D eigenvalue weighted by Crippen LogP contribution is -2.20. The fourth-order valence-corrected chi connectivity index (χ4v) is 3.61. The Morgan fingerprint density at radius 1 is 0.933 bits per heavy atom. The summed E-state index contributed by atoms with van der Waals surface area (Å²) in [5, 5.41) is 2.61. The molecule has 0 saturated carbocycles. The third-order valence-electron chi connectivity index (χ3n) is 3.99. The summed E-state index contributed by atoms with van der Waals surface area (Å²) in [5.74, 6) is -0.181. The number of hydrogen-bond acceptors (Lipinski definition) is 5. The van der Waals surface area contributed by atoms with Gasteiger partial charge in [-0.05, 0) is 48.5 Å². The molecule has 7 nitrogen and oxygen atoms in total. The maximum absolute atomic E-state index is 13.7. The van der Waals surface area contributed by atoms with Gasteiger partial charge in [-0.3, -0.25) is 9.52 Å². The van der Waals surface area contributed by atoms with Gasteiger partial charge in [0.05, 0.1) is 17.7 Å². The van der Waals surface area contributed by atoms with Crippen LogP contribution in [0.15, 0.2) is 77.7 Å². The Labute approximate surface area is 173 Å². The van der Waals surface area contributed by atoms with Crippen molar-refractivity contribution >= 4 is 27.3 Å². The number of rotatable bonds is 8. The summed E-state index contributed by atoms with van der Waals surface area (Å²) in [6.07, 6.45) is 0. The average Bonchev–Trinajstić information content (AvgIpc) is 2.74. The molecule has 0 heterocycles. The second kappa shape index (κ2) is 9.27. The first kappa shape index (κ1) is 21.1. The van der Waals surface area contributed by atoms with Gasteiger partial charge in [-0.2, -0.15) is 0 Å². The van der Waals surface area contributed by atoms with Crippen molar-refractivity contribution in [2.45, 2.75) is 4.90 Å². The molecule has 3 aromatic carbocycles. The van der Waals surface area contributed by atoms with E-state index in [4.69, 9.17) is 9.47 Å². The predicted molar refractivity (Wildman–Crippen MR) is 111 cm³/mol. The van der Waals surface area contributed by atoms with Crippen LogP contribution < -0.4 is 19.5 Å². The number of para-hydroxylation sites is 3. The van der Waals surface area contributed by atoms with Crippen molar-refractivity contribution in [3.63, 3.8) is 0 Å². The van der Waals surface area contributed by atoms with Crippen molar-refractivity contribution in [1.82, 2.24) is 0 Å². The van der Waals surface area contributed by atoms with Crippen LogP contribution >= 0.6 is 0 Å². The normalized spacial score (nSPS) is 10.9. The van der Waals surface area contributed by atoms with Crippen molar-refractivity contribution in [2.75, 3.05) is 23.8 Å². The lowest BCUT2D eigenvalue weighted by molar-refractivity contribution is -0.118. The third kappa shape index (κ3) is 5.26. The number of anilines is 2. The summed E-state index contributed by atoms with van der Waals surface area (Å²) in [7, 11) is -2.48. The molecule has 0 saturated heterocycles. The van der Waals surface area contributed by atoms with Crippen LogP contribution in [0.25, 0.3) is 0 Å². The molecular formula is C21H19FN2O5S. The number of carbonyl (C=O) groups is 1. The summed E-state index contributed by atoms with van der Waals surface area (Å²) in [6, 6.07) is 17.8. The minimum atomic E-state index is -3.98. The smallest absolute Gasteiger partial charge is 0.262 e. The van der Waals surface area contributed by atoms with Crippen LogP contribution in [0.1, 0.15) is 0 Å². The minimum absolute atomic E-state index is 0.0750. The maximum Gasteiger partial charge on any atom is 0.262 e. The first-order chi connectivity index (χ1) is 14.4. The van der Waals surface area contributed by atoms with E-state index in [9.17, 15) is 17.6 Å². The monoisotopic (exact) mass is 430 g/mol. The summed E-state index contributed by atoms with van der Waals surface area (Å²) < 4.78 is 51.3. The molecule has 1 amide bonds. The van der Waals surface area contributed by atoms with Gasteiger partial charge in [0, 0.05) is 5.69 Å². The molecule has 0 fully saturated rings. The van der Waals surface area contributed by atoms with E-state index >= 15 is 0 Å². The summed E-state index contributed by atoms with van der Waals surface area (Å²) in [6.45, 7) is -0.255. The van der Waals surface area contributed by atoms with Crippen LogP contribution in [0.4, 0.5) is 15.8 Å². The molecule has 0 radical (unpaired) electrons. The van der Waals surface area contributed by atoms with Gasteiger partial charge in [-0.15, -0.1) is 0 Å². The van der Waals surface area contributed by atoms with Crippen LogP contribution in [0.3, 0.4) is 0 Å². The summed E-state index contributed by atoms with van der Waals surface area (Å²) in [4.78, 5) is 12.0. The molecule has 0 aliphatic rings. The fourth-order valence-electron chi connectivity index (χ4n) is 2.54. The Balaban J connectivity index is 1.61. The SMILES string of the molecule is COc1ccccc1OCC(=O)Nc1ccc(S(=O)(=O)Nc2ccccc2F)cc1. The number of halogens is 1. The van der Waals surface area contributed by atoms with Gasteiger partial charge >= 0.3 is 0 Å². The van der Waals surface area contributed by atoms with Gasteiger partial charge in [0.15, 0.2) is 18.1 Å². The molecule has 0 atom stereocenters. The lowest BCUT2D eigenvalue weighted by atomic mass is 10.3. The largest absolute Gasteiger partial charge is 0.493 e. The van der Waals surface area contributed by atoms with Crippen LogP contribution in [-0.2, 0) is 14.8 Å². The molecule has 30 heavy (non-hydrogen) atoms. The van der Waals surface area contributed by atoms with E-state index in [2.05, 4.69) is 10.0 Å². The van der Waals surface area contributed by atoms with Crippen molar-refractivity contribution in [1.29, 1.82) is 0 Å². The third-order valence-corrected chi connectivity index (χ3v) is 5.38. The first-order valence-electron chi connectivity index (χ1n) is 8.82. The summed E-state index contributed by atoms with van der Waals surface area (Å²) in [5.41, 5.74) is 0.233. The van der Waals surface area contributed by atoms with Gasteiger partial charge in [-0.1, -0.05) is 24.3 Å². The van der Waals surface area contributed by atoms with Crippen molar-refractivity contribution in [2.24, 2.45) is 0 Å². The highest BCUT2D eigenvalue weighted by molar-refractivity contribution is 7.92. The number of amides is 1. The van der Waals surface area contributed by atoms with E-state index in [1.54, 1.807) is 24.3 Å². The Morgan fingerprint density at radius 3 is 2.23 bits per heavy atom. The van der Waals surface area contributed by atoms with Crippen LogP contribution in [0, 0.1) is 5.82 Å². The van der Waals surface area contributed by atoms with E-state index in [1.807, 2.05) is 0 Å². The van der Waals surface area contributed by atoms with E-state index < -0.39 is 21.7 Å². The second-order valence-electron chi connectivity index (χ2n) is 6.10. The molecule has 156 valence electrons. The molecule has 9 heteroatoms. The topological polar surface area (TPSA) is 93.7 Å². The Kier molecular flexibility index (Phi) is 6.53. The van der Waals surface area contributed by atoms with Crippen molar-refractivity contribution < 1.29 is 27.1 Å². The molecular weight excluding hydrogens is 411 g/mol. The zero-order valence-electron chi connectivity index (χ0n) is 16.0. The Morgan fingerprint density at radius 2 is 1.57 bits per heavy atom. The molecule has 0 aliphatic heterocycles. The number of sulfonamides is 1. The van der Waals surface area contributed by atoms with Crippen molar-refractivity contribution in [3.05, 3.63) is 78.6 Å². The van der Waals surface area contributed by atoms with Gasteiger partial charge in [0.25, 0.3) is 15.9 Å². The van der Waals surface area contributed by atoms with Crippen LogP contribution in [0.2, 0.25) is 0 Å². The predicted octanol–water partition coefficient (Wildman–Crippen LogP) is 3.65. The summed E-state index contributed by atoms with van der Waals surface area (Å²) >= 11 is 0. The number of nitrogens with one attached hydrogen (secondary N) is 2. The number of benzene rings is 3. The number of methoxy groups -OCH3 is 1. The second-order valence-corrected chi connectivity index (χ2v) is 7.78. The van der Waals surface area contributed by atoms with E-state index in [1.165, 1.54) is 49.6 Å². The number of carbonyl (C=O) groups excluding carboxylic acids is 1. The highest BCUT2D eigenvalue weighted by atomic mass is 32.2. The van der Waals surface area contributed by atoms with E-state index in [0.29, 0.717) is 17.2 Å². The maximum atomic E-state index is 13.7. The molecule has 2 N–H and O–H groups in total. The molecule has 0 aromatic heterocycles. The standard InChI is InChI=1S/C21H19FN2O5S/c1-28-19-8-4-5-9-20(19)29-14-21(25)23-15-10-12-16(13-11-15)30(26,27)24-18-7-3-2-6-17(18)22/h2-13,24H,14H2,1H3,(H,23,25). The Hall–Kier alpha value is -3.59. The van der Waals surface area contributed by atoms with Gasteiger partial charge in [0.2, 0.25) is 0 Å². The molecule has 3 aromatic rings. The molecule has 0 aliphatic carbocycles. The molecule has 0 bridgehead atoms. The molecule has 3 rings (SSSR count). The van der Waals surface area contributed by atoms with Gasteiger partial charge in [-0.25, -0.2) is 12.8 Å². The Bertz CT molecular complexity index is 1130. The highest BCUT2D eigenvalue weighted by Crippen LogP contribution is 2.25. The number of ether oxygens (including phenoxy) is 2. The van der Waals surface area contributed by atoms with Crippen molar-refractivity contribution in [3.8, 4) is 11.5 Å². The zero-order chi connectivity index (χ0) is 21.6. The van der Waals surface area contributed by atoms with E-state index in [0.717, 1.165) is 6.07 Å². The van der Waals surface area contributed by atoms with Crippen LogP contribution in [0.5, 0.6) is 11.5 Å². The zero-order valence-corrected chi connectivity index (χ0v) is 16.8. The lowest BCUT2D eigenvalue weighted by Gasteiger charge is -2.11. The molecule has 0 unspecified atom stereocenters. The fraction of sp³-hybridized carbons (Fsp3) is 0.0952. The quantitative estimate of drug-likeness (QED) is 0.569. The minimum Gasteiger partial charge on any atom is -0.493 e. The van der Waals surface area contributed by atoms with Gasteiger partial charge in [0.1, 0.15) is 5.82 Å². The van der Waals surface area contributed by atoms with Crippen LogP contribution in [-0.4, -0.2) is 28.0 Å². The van der Waals surface area contributed by atoms with E-state index in [-0.39, 0.29) is 17.2 Å². The first-order valence-corrected chi connectivity index (χ1v) is 10.3.